The molecule has 0 fully saturated rings. The third-order valence-corrected chi connectivity index (χ3v) is 7.71. The quantitative estimate of drug-likeness (QED) is 0.392. The van der Waals surface area contributed by atoms with Crippen LogP contribution in [-0.2, 0) is 20.2 Å². The Hall–Kier alpha value is -3.12. The summed E-state index contributed by atoms with van der Waals surface area (Å²) in [6, 6.07) is 17.5. The van der Waals surface area contributed by atoms with Crippen LogP contribution in [0.1, 0.15) is 16.4 Å². The number of fused-ring (bicyclic) bond motifs is 2. The number of aliphatic hydroxyl groups excluding tert-OH is 1. The van der Waals surface area contributed by atoms with Crippen molar-refractivity contribution in [2.75, 3.05) is 0 Å². The number of benzene rings is 3. The molecule has 0 aliphatic heterocycles. The molecule has 1 aliphatic rings. The lowest BCUT2D eigenvalue weighted by Crippen LogP contribution is -2.48. The first-order valence-corrected chi connectivity index (χ1v) is 11.8. The van der Waals surface area contributed by atoms with Crippen molar-refractivity contribution in [2.24, 2.45) is 10.2 Å². The van der Waals surface area contributed by atoms with Crippen LogP contribution in [-0.4, -0.2) is 35.9 Å². The Morgan fingerprint density at radius 1 is 0.839 bits per heavy atom. The topological polar surface area (TPSA) is 154 Å². The zero-order valence-corrected chi connectivity index (χ0v) is 17.3. The fraction of sp³-hybridized carbons (Fsp3) is 0.100. The van der Waals surface area contributed by atoms with Gasteiger partial charge in [-0.05, 0) is 28.7 Å². The number of hydrogen-bond donors (Lipinski definition) is 3. The van der Waals surface area contributed by atoms with Crippen LogP contribution in [0.15, 0.2) is 82.7 Å². The predicted octanol–water partition coefficient (Wildman–Crippen LogP) is 4.05. The van der Waals surface area contributed by atoms with Crippen LogP contribution >= 0.6 is 0 Å². The maximum absolute atomic E-state index is 12.5. The first kappa shape index (κ1) is 21.1. The summed E-state index contributed by atoms with van der Waals surface area (Å²) in [4.78, 5) is -3.20. The summed E-state index contributed by atoms with van der Waals surface area (Å²) in [6.07, 6.45) is 0.965. The van der Waals surface area contributed by atoms with Gasteiger partial charge in [0.05, 0.1) is 5.69 Å². The zero-order valence-electron chi connectivity index (χ0n) is 15.7. The van der Waals surface area contributed by atoms with E-state index in [4.69, 9.17) is 0 Å². The van der Waals surface area contributed by atoms with Crippen LogP contribution in [0.25, 0.3) is 16.8 Å². The first-order valence-electron chi connectivity index (χ1n) is 8.90. The van der Waals surface area contributed by atoms with Crippen LogP contribution in [0.5, 0.6) is 0 Å². The maximum atomic E-state index is 12.5. The highest BCUT2D eigenvalue weighted by atomic mass is 32.2. The van der Waals surface area contributed by atoms with E-state index < -0.39 is 36.1 Å². The standard InChI is InChI=1S/C20H16N2O7S2/c23-18-12-14-7-2-4-10-16(14)19(30(24,25)26)20(18,31(27,28)29)22-21-17-11-5-8-13-6-1-3-9-15(13)17/h1-12,19,23H,(H,24,25,26)(H,27,28,29). The average molecular weight is 460 g/mol. The second-order valence-electron chi connectivity index (χ2n) is 6.92. The normalized spacial score (nSPS) is 21.7. The number of nitrogens with zero attached hydrogens (tertiary/aromatic N) is 2. The fourth-order valence-electron chi connectivity index (χ4n) is 3.69. The first-order chi connectivity index (χ1) is 14.6. The minimum atomic E-state index is -5.45. The van der Waals surface area contributed by atoms with E-state index in [1.54, 1.807) is 36.4 Å². The molecule has 0 heterocycles. The molecule has 11 heteroatoms. The number of aliphatic hydroxyl groups is 1. The van der Waals surface area contributed by atoms with Crippen molar-refractivity contribution < 1.29 is 31.0 Å². The molecule has 2 atom stereocenters. The minimum Gasteiger partial charge on any atom is -0.508 e. The highest BCUT2D eigenvalue weighted by Gasteiger charge is 2.62. The van der Waals surface area contributed by atoms with Crippen molar-refractivity contribution in [3.63, 3.8) is 0 Å². The molecule has 9 nitrogen and oxygen atoms in total. The lowest BCUT2D eigenvalue weighted by molar-refractivity contribution is 0.309. The van der Waals surface area contributed by atoms with Gasteiger partial charge >= 0.3 is 10.1 Å². The van der Waals surface area contributed by atoms with Crippen molar-refractivity contribution in [1.29, 1.82) is 0 Å². The van der Waals surface area contributed by atoms with Crippen molar-refractivity contribution in [1.82, 2.24) is 0 Å². The van der Waals surface area contributed by atoms with Crippen LogP contribution < -0.4 is 0 Å². The Bertz CT molecular complexity index is 1460. The Balaban J connectivity index is 2.03. The smallest absolute Gasteiger partial charge is 0.302 e. The molecule has 1 aliphatic carbocycles. The van der Waals surface area contributed by atoms with E-state index in [0.717, 1.165) is 11.5 Å². The highest BCUT2D eigenvalue weighted by molar-refractivity contribution is 7.91. The van der Waals surface area contributed by atoms with Crippen LogP contribution in [0.4, 0.5) is 5.69 Å². The zero-order chi connectivity index (χ0) is 22.4. The lowest BCUT2D eigenvalue weighted by Gasteiger charge is -2.34. The van der Waals surface area contributed by atoms with Gasteiger partial charge in [-0.25, -0.2) is 0 Å². The molecule has 0 saturated carbocycles. The van der Waals surface area contributed by atoms with Crippen molar-refractivity contribution in [2.45, 2.75) is 10.1 Å². The van der Waals surface area contributed by atoms with Crippen molar-refractivity contribution >= 4 is 42.8 Å². The van der Waals surface area contributed by atoms with E-state index in [1.807, 2.05) is 0 Å². The van der Waals surface area contributed by atoms with Gasteiger partial charge in [0.1, 0.15) is 5.76 Å². The Morgan fingerprint density at radius 3 is 2.19 bits per heavy atom. The highest BCUT2D eigenvalue weighted by Crippen LogP contribution is 2.49. The van der Waals surface area contributed by atoms with Gasteiger partial charge in [-0.1, -0.05) is 60.7 Å². The Kier molecular flexibility index (Phi) is 4.93. The van der Waals surface area contributed by atoms with Crippen molar-refractivity contribution in [3.05, 3.63) is 83.6 Å². The van der Waals surface area contributed by atoms with E-state index in [2.05, 4.69) is 10.2 Å². The number of azo groups is 1. The van der Waals surface area contributed by atoms with Gasteiger partial charge in [0.2, 0.25) is 0 Å². The van der Waals surface area contributed by atoms with Gasteiger partial charge in [0.25, 0.3) is 15.0 Å². The summed E-state index contributed by atoms with van der Waals surface area (Å²) in [5.74, 6) is -1.10. The molecule has 160 valence electrons. The SMILES string of the molecule is O=S(=O)(O)C1c2ccccc2C=C(O)C1(N=Nc1cccc2ccccc12)S(=O)(=O)O. The molecular formula is C20H16N2O7S2. The third-order valence-electron chi connectivity index (χ3n) is 5.06. The summed E-state index contributed by atoms with van der Waals surface area (Å²) >= 11 is 0. The Morgan fingerprint density at radius 2 is 1.48 bits per heavy atom. The summed E-state index contributed by atoms with van der Waals surface area (Å²) < 4.78 is 69.6. The van der Waals surface area contributed by atoms with E-state index in [9.17, 15) is 31.0 Å². The van der Waals surface area contributed by atoms with Gasteiger partial charge < -0.3 is 5.11 Å². The van der Waals surface area contributed by atoms with Gasteiger partial charge in [-0.2, -0.15) is 27.1 Å². The summed E-state index contributed by atoms with van der Waals surface area (Å²) in [5.41, 5.74) is 0.140. The third kappa shape index (κ3) is 3.41. The number of rotatable bonds is 4. The van der Waals surface area contributed by atoms with Gasteiger partial charge in [0, 0.05) is 5.39 Å². The summed E-state index contributed by atoms with van der Waals surface area (Å²) in [5, 5.41) is 17.1. The molecule has 31 heavy (non-hydrogen) atoms. The van der Waals surface area contributed by atoms with Gasteiger partial charge in [-0.15, -0.1) is 0 Å². The van der Waals surface area contributed by atoms with Gasteiger partial charge in [0.15, 0.2) is 5.25 Å². The van der Waals surface area contributed by atoms with Gasteiger partial charge in [-0.3, -0.25) is 9.11 Å². The molecule has 0 bridgehead atoms. The monoisotopic (exact) mass is 460 g/mol. The molecule has 0 amide bonds. The molecule has 3 N–H and O–H groups in total. The molecule has 0 spiro atoms. The molecular weight excluding hydrogens is 444 g/mol. The second-order valence-corrected chi connectivity index (χ2v) is 10.00. The summed E-state index contributed by atoms with van der Waals surface area (Å²) in [6.45, 7) is 0. The largest absolute Gasteiger partial charge is 0.508 e. The van der Waals surface area contributed by atoms with E-state index >= 15 is 0 Å². The van der Waals surface area contributed by atoms with E-state index in [1.165, 1.54) is 30.3 Å². The molecule has 0 aromatic heterocycles. The van der Waals surface area contributed by atoms with E-state index in [-0.39, 0.29) is 16.8 Å². The predicted molar refractivity (Wildman–Crippen MR) is 114 cm³/mol. The van der Waals surface area contributed by atoms with E-state index in [0.29, 0.717) is 5.39 Å². The number of hydrogen-bond acceptors (Lipinski definition) is 7. The molecule has 4 rings (SSSR count). The Labute approximate surface area is 177 Å². The molecule has 3 aromatic carbocycles. The van der Waals surface area contributed by atoms with Crippen molar-refractivity contribution in [3.8, 4) is 0 Å². The lowest BCUT2D eigenvalue weighted by atomic mass is 9.92. The molecule has 0 radical (unpaired) electrons. The van der Waals surface area contributed by atoms with Crippen LogP contribution in [0.2, 0.25) is 0 Å². The molecule has 0 saturated heterocycles. The van der Waals surface area contributed by atoms with Crippen LogP contribution in [0.3, 0.4) is 0 Å². The minimum absolute atomic E-state index is 0.141. The maximum Gasteiger partial charge on any atom is 0.302 e. The molecule has 3 aromatic rings. The van der Waals surface area contributed by atoms with Crippen LogP contribution in [0, 0.1) is 0 Å². The molecule has 2 unspecified atom stereocenters. The summed E-state index contributed by atoms with van der Waals surface area (Å²) in [7, 11) is -10.7. The fourth-order valence-corrected chi connectivity index (χ4v) is 6.39. The average Bonchev–Trinajstić information content (AvgIpc) is 2.70. The second kappa shape index (κ2) is 7.24.